The van der Waals surface area contributed by atoms with Crippen LogP contribution in [0.3, 0.4) is 0 Å². The van der Waals surface area contributed by atoms with Gasteiger partial charge in [0.2, 0.25) is 0 Å². The van der Waals surface area contributed by atoms with Crippen molar-refractivity contribution in [1.29, 1.82) is 0 Å². The summed E-state index contributed by atoms with van der Waals surface area (Å²) in [6.45, 7) is 0.669. The van der Waals surface area contributed by atoms with Crippen LogP contribution in [0.5, 0.6) is 0 Å². The van der Waals surface area contributed by atoms with Crippen molar-refractivity contribution >= 4 is 17.0 Å². The lowest BCUT2D eigenvalue weighted by Crippen LogP contribution is -2.22. The number of amides is 1. The molecule has 0 saturated carbocycles. The summed E-state index contributed by atoms with van der Waals surface area (Å²) < 4.78 is 0. The second-order valence-corrected chi connectivity index (χ2v) is 3.37. The summed E-state index contributed by atoms with van der Waals surface area (Å²) in [4.78, 5) is 12.0. The molecule has 56 valence electrons. The van der Waals surface area contributed by atoms with Gasteiger partial charge in [0.15, 0.2) is 0 Å². The highest BCUT2D eigenvalue weighted by atomic mass is 32.2. The van der Waals surface area contributed by atoms with Crippen LogP contribution in [-0.2, 0) is 6.54 Å². The third kappa shape index (κ3) is 1.24. The monoisotopic (exact) mass is 165 g/mol. The largest absolute Gasteiger partial charge is 0.343 e. The van der Waals surface area contributed by atoms with Gasteiger partial charge in [-0.15, -0.1) is 0 Å². The molecule has 1 aromatic carbocycles. The lowest BCUT2D eigenvalue weighted by Gasteiger charge is -2.14. The highest BCUT2D eigenvalue weighted by molar-refractivity contribution is 8.13. The molecule has 11 heavy (non-hydrogen) atoms. The lowest BCUT2D eigenvalue weighted by atomic mass is 10.2. The van der Waals surface area contributed by atoms with Crippen LogP contribution < -0.4 is 5.32 Å². The standard InChI is InChI=1S/C8H7NOS/c10-8-9-5-6-3-1-2-4-7(6)11-8/h1-4H,5H2,(H,9,10). The molecule has 1 heterocycles. The zero-order chi connectivity index (χ0) is 7.68. The first-order chi connectivity index (χ1) is 5.36. The van der Waals surface area contributed by atoms with Crippen LogP contribution in [0, 0.1) is 0 Å². The second-order valence-electron chi connectivity index (χ2n) is 2.35. The number of thioether (sulfide) groups is 1. The smallest absolute Gasteiger partial charge is 0.284 e. The molecule has 0 atom stereocenters. The van der Waals surface area contributed by atoms with E-state index in [1.54, 1.807) is 0 Å². The van der Waals surface area contributed by atoms with E-state index in [-0.39, 0.29) is 5.24 Å². The van der Waals surface area contributed by atoms with Crippen molar-refractivity contribution in [1.82, 2.24) is 5.32 Å². The SMILES string of the molecule is O=C1NCc2ccccc2S1. The maximum absolute atomic E-state index is 10.9. The number of benzene rings is 1. The van der Waals surface area contributed by atoms with Crippen molar-refractivity contribution in [2.45, 2.75) is 11.4 Å². The van der Waals surface area contributed by atoms with E-state index < -0.39 is 0 Å². The van der Waals surface area contributed by atoms with Gasteiger partial charge in [-0.3, -0.25) is 4.79 Å². The minimum atomic E-state index is 0.0451. The molecule has 0 fully saturated rings. The van der Waals surface area contributed by atoms with E-state index in [9.17, 15) is 4.79 Å². The maximum Gasteiger partial charge on any atom is 0.284 e. The Labute approximate surface area is 69.0 Å². The molecule has 1 aliphatic heterocycles. The fourth-order valence-corrected chi connectivity index (χ4v) is 1.81. The van der Waals surface area contributed by atoms with E-state index in [0.29, 0.717) is 6.54 Å². The minimum Gasteiger partial charge on any atom is -0.343 e. The molecule has 0 bridgehead atoms. The quantitative estimate of drug-likeness (QED) is 0.637. The van der Waals surface area contributed by atoms with Crippen LogP contribution in [0.25, 0.3) is 0 Å². The van der Waals surface area contributed by atoms with Crippen LogP contribution in [0.15, 0.2) is 29.2 Å². The van der Waals surface area contributed by atoms with Crippen LogP contribution >= 0.6 is 11.8 Å². The van der Waals surface area contributed by atoms with Crippen LogP contribution in [0.4, 0.5) is 4.79 Å². The van der Waals surface area contributed by atoms with E-state index in [0.717, 1.165) is 4.90 Å². The molecule has 1 aromatic rings. The molecular weight excluding hydrogens is 158 g/mol. The normalized spacial score (nSPS) is 15.5. The first kappa shape index (κ1) is 6.73. The van der Waals surface area contributed by atoms with E-state index >= 15 is 0 Å². The Morgan fingerprint density at radius 3 is 3.09 bits per heavy atom. The minimum absolute atomic E-state index is 0.0451. The van der Waals surface area contributed by atoms with Gasteiger partial charge in [0, 0.05) is 11.4 Å². The number of nitrogens with one attached hydrogen (secondary N) is 1. The predicted molar refractivity (Wildman–Crippen MR) is 44.5 cm³/mol. The van der Waals surface area contributed by atoms with E-state index in [2.05, 4.69) is 5.32 Å². The van der Waals surface area contributed by atoms with Crippen LogP contribution in [0.2, 0.25) is 0 Å². The number of hydrogen-bond donors (Lipinski definition) is 1. The molecule has 0 aromatic heterocycles. The zero-order valence-electron chi connectivity index (χ0n) is 5.83. The topological polar surface area (TPSA) is 29.1 Å². The number of carbonyl (C=O) groups excluding carboxylic acids is 1. The Hall–Kier alpha value is -0.960. The van der Waals surface area contributed by atoms with Gasteiger partial charge in [-0.05, 0) is 23.4 Å². The number of hydrogen-bond acceptors (Lipinski definition) is 2. The van der Waals surface area contributed by atoms with Gasteiger partial charge in [-0.1, -0.05) is 18.2 Å². The lowest BCUT2D eigenvalue weighted by molar-refractivity contribution is 0.260. The van der Waals surface area contributed by atoms with Crippen molar-refractivity contribution in [2.75, 3.05) is 0 Å². The average Bonchev–Trinajstić information content (AvgIpc) is 2.04. The third-order valence-corrected chi connectivity index (χ3v) is 2.55. The Bertz CT molecular complexity index is 298. The summed E-state index contributed by atoms with van der Waals surface area (Å²) in [5, 5.41) is 2.81. The van der Waals surface area contributed by atoms with Gasteiger partial charge in [-0.2, -0.15) is 0 Å². The highest BCUT2D eigenvalue weighted by Crippen LogP contribution is 2.26. The summed E-state index contributed by atoms with van der Waals surface area (Å²) in [5.74, 6) is 0. The fourth-order valence-electron chi connectivity index (χ4n) is 1.05. The number of rotatable bonds is 0. The molecule has 1 aliphatic rings. The summed E-state index contributed by atoms with van der Waals surface area (Å²) in [6, 6.07) is 7.93. The van der Waals surface area contributed by atoms with Gasteiger partial charge in [0.1, 0.15) is 0 Å². The first-order valence-electron chi connectivity index (χ1n) is 3.40. The van der Waals surface area contributed by atoms with Gasteiger partial charge in [0.05, 0.1) is 0 Å². The zero-order valence-corrected chi connectivity index (χ0v) is 6.65. The summed E-state index contributed by atoms with van der Waals surface area (Å²) in [5.41, 5.74) is 1.21. The Morgan fingerprint density at radius 1 is 1.36 bits per heavy atom. The Balaban J connectivity index is 2.41. The molecule has 1 N–H and O–H groups in total. The summed E-state index contributed by atoms with van der Waals surface area (Å²) >= 11 is 1.26. The van der Waals surface area contributed by atoms with Crippen molar-refractivity contribution in [3.8, 4) is 0 Å². The van der Waals surface area contributed by atoms with Gasteiger partial charge >= 0.3 is 0 Å². The fraction of sp³-hybridized carbons (Fsp3) is 0.125. The molecule has 2 nitrogen and oxygen atoms in total. The third-order valence-electron chi connectivity index (χ3n) is 1.60. The molecule has 0 aliphatic carbocycles. The van der Waals surface area contributed by atoms with E-state index in [1.807, 2.05) is 24.3 Å². The van der Waals surface area contributed by atoms with Gasteiger partial charge in [-0.25, -0.2) is 0 Å². The molecule has 3 heteroatoms. The predicted octanol–water partition coefficient (Wildman–Crippen LogP) is 2.00. The molecule has 0 spiro atoms. The van der Waals surface area contributed by atoms with Crippen LogP contribution in [0.1, 0.15) is 5.56 Å². The molecule has 0 saturated heterocycles. The van der Waals surface area contributed by atoms with Crippen molar-refractivity contribution in [2.24, 2.45) is 0 Å². The van der Waals surface area contributed by atoms with Crippen molar-refractivity contribution in [3.63, 3.8) is 0 Å². The van der Waals surface area contributed by atoms with Gasteiger partial charge < -0.3 is 5.32 Å². The molecular formula is C8H7NOS. The second kappa shape index (κ2) is 2.58. The molecule has 0 unspecified atom stereocenters. The average molecular weight is 165 g/mol. The Kier molecular flexibility index (Phi) is 1.58. The summed E-state index contributed by atoms with van der Waals surface area (Å²) in [6.07, 6.45) is 0. The van der Waals surface area contributed by atoms with E-state index in [1.165, 1.54) is 17.3 Å². The highest BCUT2D eigenvalue weighted by Gasteiger charge is 2.13. The molecule has 2 rings (SSSR count). The summed E-state index contributed by atoms with van der Waals surface area (Å²) in [7, 11) is 0. The number of carbonyl (C=O) groups is 1. The number of fused-ring (bicyclic) bond motifs is 1. The van der Waals surface area contributed by atoms with E-state index in [4.69, 9.17) is 0 Å². The first-order valence-corrected chi connectivity index (χ1v) is 4.21. The molecule has 1 amide bonds. The van der Waals surface area contributed by atoms with Crippen molar-refractivity contribution < 1.29 is 4.79 Å². The maximum atomic E-state index is 10.9. The van der Waals surface area contributed by atoms with Crippen molar-refractivity contribution in [3.05, 3.63) is 29.8 Å². The molecule has 0 radical (unpaired) electrons. The van der Waals surface area contributed by atoms with Gasteiger partial charge in [0.25, 0.3) is 5.24 Å². The Morgan fingerprint density at radius 2 is 2.18 bits per heavy atom. The van der Waals surface area contributed by atoms with Crippen LogP contribution in [-0.4, -0.2) is 5.24 Å².